The number of unbranched alkanes of at least 4 members (excludes halogenated alkanes) is 9. The van der Waals surface area contributed by atoms with Crippen molar-refractivity contribution in [1.82, 2.24) is 10.6 Å². The number of carbonyl (C=O) groups is 5. The van der Waals surface area contributed by atoms with E-state index >= 15 is 0 Å². The number of carbonyl (C=O) groups excluding carboxylic acids is 3. The monoisotopic (exact) mass is 474 g/mol. The summed E-state index contributed by atoms with van der Waals surface area (Å²) in [7, 11) is 0. The van der Waals surface area contributed by atoms with Crippen molar-refractivity contribution >= 4 is 41.5 Å². The predicted octanol–water partition coefficient (Wildman–Crippen LogP) is 3.06. The van der Waals surface area contributed by atoms with Gasteiger partial charge in [-0.1, -0.05) is 51.4 Å². The Balaban J connectivity index is 3.82. The normalized spacial score (nSPS) is 12.6. The van der Waals surface area contributed by atoms with Gasteiger partial charge >= 0.3 is 11.9 Å². The molecule has 4 N–H and O–H groups in total. The van der Waals surface area contributed by atoms with E-state index in [4.69, 9.17) is 5.11 Å². The van der Waals surface area contributed by atoms with Crippen LogP contribution in [0, 0.1) is 0 Å². The Morgan fingerprint density at radius 1 is 0.688 bits per heavy atom. The Morgan fingerprint density at radius 2 is 1.12 bits per heavy atom. The number of aliphatic carboxylic acids is 2. The van der Waals surface area contributed by atoms with Crippen molar-refractivity contribution in [1.29, 1.82) is 0 Å². The number of amides is 2. The van der Waals surface area contributed by atoms with Gasteiger partial charge in [-0.15, -0.1) is 12.6 Å². The van der Waals surface area contributed by atoms with Gasteiger partial charge in [0.05, 0.1) is 6.04 Å². The average Bonchev–Trinajstić information content (AvgIpc) is 2.71. The van der Waals surface area contributed by atoms with Crippen LogP contribution in [-0.4, -0.2) is 51.2 Å². The summed E-state index contributed by atoms with van der Waals surface area (Å²) in [5.41, 5.74) is 0. The summed E-state index contributed by atoms with van der Waals surface area (Å²) in [5.74, 6) is -2.76. The number of nitrogens with one attached hydrogen (secondary N) is 2. The molecule has 32 heavy (non-hydrogen) atoms. The first-order valence-corrected chi connectivity index (χ1v) is 11.8. The molecular weight excluding hydrogens is 436 g/mol. The van der Waals surface area contributed by atoms with E-state index in [1.54, 1.807) is 0 Å². The van der Waals surface area contributed by atoms with Gasteiger partial charge < -0.3 is 20.8 Å². The molecule has 0 unspecified atom stereocenters. The number of hydrogen-bond donors (Lipinski definition) is 5. The van der Waals surface area contributed by atoms with Crippen LogP contribution in [-0.2, 0) is 24.0 Å². The largest absolute Gasteiger partial charge is 0.481 e. The van der Waals surface area contributed by atoms with E-state index in [1.165, 1.54) is 6.92 Å². The van der Waals surface area contributed by atoms with E-state index < -0.39 is 35.0 Å². The van der Waals surface area contributed by atoms with Crippen LogP contribution in [0.1, 0.15) is 96.8 Å². The van der Waals surface area contributed by atoms with Gasteiger partial charge in [0, 0.05) is 19.3 Å². The van der Waals surface area contributed by atoms with Gasteiger partial charge in [0.25, 0.3) is 0 Å². The summed E-state index contributed by atoms with van der Waals surface area (Å²) < 4.78 is 0. The Bertz CT molecular complexity index is 613. The predicted molar refractivity (Wildman–Crippen MR) is 123 cm³/mol. The quantitative estimate of drug-likeness (QED) is 0.134. The highest BCUT2D eigenvalue weighted by Gasteiger charge is 2.21. The molecule has 10 heteroatoms. The van der Waals surface area contributed by atoms with Crippen LogP contribution in [0.25, 0.3) is 0 Å². The SMILES string of the molecule is C[C@H](NC(=O)CC[C@H](NC(=O)CCCCCCCCCCCCC(=O)O)C(=O)O)C(=O)S. The smallest absolute Gasteiger partial charge is 0.326 e. The van der Waals surface area contributed by atoms with Crippen molar-refractivity contribution < 1.29 is 34.2 Å². The van der Waals surface area contributed by atoms with E-state index in [2.05, 4.69) is 23.3 Å². The maximum absolute atomic E-state index is 12.0. The number of rotatable bonds is 20. The molecule has 0 aliphatic rings. The Kier molecular flexibility index (Phi) is 17.3. The first-order valence-electron chi connectivity index (χ1n) is 11.4. The summed E-state index contributed by atoms with van der Waals surface area (Å²) >= 11 is 3.62. The third-order valence-corrected chi connectivity index (χ3v) is 5.47. The number of thiol groups is 1. The standard InChI is InChI=1S/C22H38N2O7S/c1-16(22(31)32)23-19(26)15-14-17(21(29)30)24-18(25)12-10-8-6-4-2-3-5-7-9-11-13-20(27)28/h16-17H,2-15H2,1H3,(H,23,26)(H,24,25)(H,27,28)(H,29,30)(H,31,32)/t16-,17-/m0/s1. The number of carboxylic acid groups (broad SMARTS) is 2. The number of carboxylic acids is 2. The van der Waals surface area contributed by atoms with Crippen LogP contribution in [0.3, 0.4) is 0 Å². The van der Waals surface area contributed by atoms with Crippen molar-refractivity contribution in [3.63, 3.8) is 0 Å². The van der Waals surface area contributed by atoms with Gasteiger partial charge in [-0.05, 0) is 26.2 Å². The van der Waals surface area contributed by atoms with E-state index in [9.17, 15) is 29.1 Å². The molecule has 0 heterocycles. The van der Waals surface area contributed by atoms with Gasteiger partial charge in [-0.25, -0.2) is 4.79 Å². The second kappa shape index (κ2) is 18.5. The molecule has 2 amide bonds. The van der Waals surface area contributed by atoms with E-state index in [0.717, 1.165) is 57.8 Å². The minimum absolute atomic E-state index is 0.0588. The molecule has 0 aliphatic carbocycles. The topological polar surface area (TPSA) is 150 Å². The molecule has 2 atom stereocenters. The minimum atomic E-state index is -1.20. The lowest BCUT2D eigenvalue weighted by Gasteiger charge is -2.15. The lowest BCUT2D eigenvalue weighted by Crippen LogP contribution is -2.42. The maximum atomic E-state index is 12.0. The fourth-order valence-corrected chi connectivity index (χ4v) is 3.22. The molecule has 0 bridgehead atoms. The van der Waals surface area contributed by atoms with E-state index in [1.807, 2.05) is 0 Å². The Morgan fingerprint density at radius 3 is 1.56 bits per heavy atom. The highest BCUT2D eigenvalue weighted by Crippen LogP contribution is 2.12. The van der Waals surface area contributed by atoms with E-state index in [-0.39, 0.29) is 31.6 Å². The Hall–Kier alpha value is -2.10. The lowest BCUT2D eigenvalue weighted by molar-refractivity contribution is -0.142. The van der Waals surface area contributed by atoms with Gasteiger partial charge in [0.1, 0.15) is 6.04 Å². The second-order valence-corrected chi connectivity index (χ2v) is 8.49. The third kappa shape index (κ3) is 17.6. The molecule has 0 aliphatic heterocycles. The Labute approximate surface area is 195 Å². The lowest BCUT2D eigenvalue weighted by atomic mass is 10.0. The van der Waals surface area contributed by atoms with Crippen LogP contribution >= 0.6 is 12.6 Å². The maximum Gasteiger partial charge on any atom is 0.326 e. The molecule has 0 saturated heterocycles. The van der Waals surface area contributed by atoms with Gasteiger partial charge in [0.15, 0.2) is 0 Å². The molecule has 0 fully saturated rings. The van der Waals surface area contributed by atoms with E-state index in [0.29, 0.717) is 6.42 Å². The van der Waals surface area contributed by atoms with Crippen LogP contribution in [0.4, 0.5) is 0 Å². The molecular formula is C22H38N2O7S. The molecule has 0 rings (SSSR count). The van der Waals surface area contributed by atoms with Crippen molar-refractivity contribution in [2.45, 2.75) is 109 Å². The molecule has 0 saturated carbocycles. The van der Waals surface area contributed by atoms with Gasteiger partial charge in [0.2, 0.25) is 16.9 Å². The van der Waals surface area contributed by atoms with Gasteiger partial charge in [-0.2, -0.15) is 0 Å². The fraction of sp³-hybridized carbons (Fsp3) is 0.773. The zero-order valence-corrected chi connectivity index (χ0v) is 19.8. The molecule has 0 spiro atoms. The van der Waals surface area contributed by atoms with Crippen molar-refractivity contribution in [3.8, 4) is 0 Å². The van der Waals surface area contributed by atoms with Crippen molar-refractivity contribution in [3.05, 3.63) is 0 Å². The number of hydrogen-bond acceptors (Lipinski definition) is 5. The van der Waals surface area contributed by atoms with Crippen molar-refractivity contribution in [2.24, 2.45) is 0 Å². The van der Waals surface area contributed by atoms with Crippen LogP contribution in [0.5, 0.6) is 0 Å². The van der Waals surface area contributed by atoms with Crippen molar-refractivity contribution in [2.75, 3.05) is 0 Å². The third-order valence-electron chi connectivity index (χ3n) is 5.09. The average molecular weight is 475 g/mol. The van der Waals surface area contributed by atoms with Crippen LogP contribution in [0.2, 0.25) is 0 Å². The zero-order chi connectivity index (χ0) is 24.4. The zero-order valence-electron chi connectivity index (χ0n) is 18.9. The summed E-state index contributed by atoms with van der Waals surface area (Å²) in [5, 5.41) is 22.2. The molecule has 0 aromatic carbocycles. The summed E-state index contributed by atoms with van der Waals surface area (Å²) in [6, 6.07) is -1.90. The summed E-state index contributed by atoms with van der Waals surface area (Å²) in [4.78, 5) is 56.5. The molecule has 0 aromatic heterocycles. The first kappa shape index (κ1) is 29.9. The second-order valence-electron chi connectivity index (χ2n) is 8.05. The van der Waals surface area contributed by atoms with Gasteiger partial charge in [-0.3, -0.25) is 19.2 Å². The molecule has 0 radical (unpaired) electrons. The van der Waals surface area contributed by atoms with Crippen LogP contribution in [0.15, 0.2) is 0 Å². The highest BCUT2D eigenvalue weighted by atomic mass is 32.1. The minimum Gasteiger partial charge on any atom is -0.481 e. The summed E-state index contributed by atoms with van der Waals surface area (Å²) in [6.45, 7) is 1.48. The van der Waals surface area contributed by atoms with Crippen LogP contribution < -0.4 is 10.6 Å². The first-order chi connectivity index (χ1) is 15.1. The fourth-order valence-electron chi connectivity index (χ4n) is 3.15. The summed E-state index contributed by atoms with van der Waals surface area (Å²) in [6.07, 6.45) is 10.1. The molecule has 0 aromatic rings. The highest BCUT2D eigenvalue weighted by molar-refractivity contribution is 7.96. The molecule has 184 valence electrons. The molecule has 9 nitrogen and oxygen atoms in total.